The standard InChI is InChI=1S/C18H27N3O2S/c1-2-20-8-3-4-16(20)12-19-17(22)14-5-9-21(10-6-14)18(23)15-7-11-24-13-15/h7,11,13-14,16H,2-6,8-10,12H2,1H3,(H,19,22)/t16-/m0/s1. The van der Waals surface area contributed by atoms with Crippen LogP contribution in [0.5, 0.6) is 0 Å². The van der Waals surface area contributed by atoms with Crippen LogP contribution < -0.4 is 5.32 Å². The number of likely N-dealkylation sites (N-methyl/N-ethyl adjacent to an activating group) is 1. The second kappa shape index (κ2) is 8.12. The van der Waals surface area contributed by atoms with E-state index < -0.39 is 0 Å². The Labute approximate surface area is 148 Å². The molecule has 2 aliphatic rings. The Morgan fingerprint density at radius 1 is 1.25 bits per heavy atom. The zero-order chi connectivity index (χ0) is 16.9. The lowest BCUT2D eigenvalue weighted by Crippen LogP contribution is -2.45. The van der Waals surface area contributed by atoms with Crippen molar-refractivity contribution in [2.45, 2.75) is 38.6 Å². The molecule has 1 atom stereocenters. The smallest absolute Gasteiger partial charge is 0.254 e. The van der Waals surface area contributed by atoms with Gasteiger partial charge in [0.05, 0.1) is 5.56 Å². The van der Waals surface area contributed by atoms with Crippen molar-refractivity contribution in [2.24, 2.45) is 5.92 Å². The van der Waals surface area contributed by atoms with Crippen LogP contribution in [0.2, 0.25) is 0 Å². The predicted molar refractivity (Wildman–Crippen MR) is 96.2 cm³/mol. The lowest BCUT2D eigenvalue weighted by atomic mass is 9.95. The van der Waals surface area contributed by atoms with Gasteiger partial charge in [-0.05, 0) is 50.2 Å². The summed E-state index contributed by atoms with van der Waals surface area (Å²) >= 11 is 1.54. The maximum Gasteiger partial charge on any atom is 0.254 e. The Bertz CT molecular complexity index is 553. The summed E-state index contributed by atoms with van der Waals surface area (Å²) in [7, 11) is 0. The Morgan fingerprint density at radius 3 is 2.71 bits per heavy atom. The lowest BCUT2D eigenvalue weighted by Gasteiger charge is -2.31. The van der Waals surface area contributed by atoms with E-state index in [9.17, 15) is 9.59 Å². The van der Waals surface area contributed by atoms with Crippen LogP contribution in [0.15, 0.2) is 16.8 Å². The van der Waals surface area contributed by atoms with Crippen LogP contribution in [0.1, 0.15) is 43.0 Å². The van der Waals surface area contributed by atoms with Crippen LogP contribution in [0.25, 0.3) is 0 Å². The first-order chi connectivity index (χ1) is 11.7. The molecule has 3 rings (SSSR count). The third kappa shape index (κ3) is 3.98. The number of likely N-dealkylation sites (tertiary alicyclic amines) is 2. The summed E-state index contributed by atoms with van der Waals surface area (Å²) in [6.45, 7) is 6.51. The molecule has 0 radical (unpaired) electrons. The van der Waals surface area contributed by atoms with Crippen molar-refractivity contribution in [3.05, 3.63) is 22.4 Å². The average molecular weight is 350 g/mol. The van der Waals surface area contributed by atoms with Gasteiger partial charge < -0.3 is 10.2 Å². The number of rotatable bonds is 5. The molecule has 1 aromatic heterocycles. The second-order valence-corrected chi connectivity index (χ2v) is 7.53. The zero-order valence-corrected chi connectivity index (χ0v) is 15.2. The minimum absolute atomic E-state index is 0.0491. The number of nitrogens with zero attached hydrogens (tertiary/aromatic N) is 2. The maximum atomic E-state index is 12.4. The highest BCUT2D eigenvalue weighted by Gasteiger charge is 2.29. The van der Waals surface area contributed by atoms with Gasteiger partial charge in [-0.15, -0.1) is 0 Å². The first-order valence-electron chi connectivity index (χ1n) is 9.02. The lowest BCUT2D eigenvalue weighted by molar-refractivity contribution is -0.126. The number of hydrogen-bond donors (Lipinski definition) is 1. The molecule has 2 aliphatic heterocycles. The molecule has 2 amide bonds. The molecule has 1 N–H and O–H groups in total. The van der Waals surface area contributed by atoms with Crippen molar-refractivity contribution in [1.29, 1.82) is 0 Å². The van der Waals surface area contributed by atoms with Gasteiger partial charge in [0.2, 0.25) is 5.91 Å². The maximum absolute atomic E-state index is 12.4. The van der Waals surface area contributed by atoms with Gasteiger partial charge in [-0.2, -0.15) is 11.3 Å². The number of nitrogens with one attached hydrogen (secondary N) is 1. The van der Waals surface area contributed by atoms with E-state index in [-0.39, 0.29) is 17.7 Å². The Morgan fingerprint density at radius 2 is 2.04 bits per heavy atom. The van der Waals surface area contributed by atoms with Gasteiger partial charge in [0.1, 0.15) is 0 Å². The van der Waals surface area contributed by atoms with Gasteiger partial charge in [0, 0.05) is 37.0 Å². The number of carbonyl (C=O) groups excluding carboxylic acids is 2. The van der Waals surface area contributed by atoms with Crippen LogP contribution >= 0.6 is 11.3 Å². The highest BCUT2D eigenvalue weighted by Crippen LogP contribution is 2.21. The fourth-order valence-corrected chi connectivity index (χ4v) is 4.45. The molecule has 2 fully saturated rings. The Balaban J connectivity index is 1.43. The van der Waals surface area contributed by atoms with E-state index in [4.69, 9.17) is 0 Å². The van der Waals surface area contributed by atoms with Crippen LogP contribution in [0, 0.1) is 5.92 Å². The Hall–Kier alpha value is -1.40. The first-order valence-corrected chi connectivity index (χ1v) is 9.96. The van der Waals surface area contributed by atoms with Gasteiger partial charge >= 0.3 is 0 Å². The van der Waals surface area contributed by atoms with Gasteiger partial charge in [0.15, 0.2) is 0 Å². The van der Waals surface area contributed by atoms with Gasteiger partial charge in [-0.3, -0.25) is 14.5 Å². The highest BCUT2D eigenvalue weighted by molar-refractivity contribution is 7.08. The summed E-state index contributed by atoms with van der Waals surface area (Å²) in [5.41, 5.74) is 0.767. The van der Waals surface area contributed by atoms with Crippen molar-refractivity contribution in [2.75, 3.05) is 32.7 Å². The summed E-state index contributed by atoms with van der Waals surface area (Å²) < 4.78 is 0. The largest absolute Gasteiger partial charge is 0.354 e. The van der Waals surface area contributed by atoms with Crippen molar-refractivity contribution in [1.82, 2.24) is 15.1 Å². The van der Waals surface area contributed by atoms with Crippen molar-refractivity contribution in [3.63, 3.8) is 0 Å². The van der Waals surface area contributed by atoms with Gasteiger partial charge in [-0.25, -0.2) is 0 Å². The van der Waals surface area contributed by atoms with E-state index in [0.717, 1.165) is 38.0 Å². The zero-order valence-electron chi connectivity index (χ0n) is 14.4. The van der Waals surface area contributed by atoms with Crippen LogP contribution in [0.4, 0.5) is 0 Å². The molecule has 0 saturated carbocycles. The molecule has 0 unspecified atom stereocenters. The number of hydrogen-bond acceptors (Lipinski definition) is 4. The molecule has 0 bridgehead atoms. The van der Waals surface area contributed by atoms with Crippen molar-refractivity contribution >= 4 is 23.2 Å². The SMILES string of the molecule is CCN1CCC[C@H]1CNC(=O)C1CCN(C(=O)c2ccsc2)CC1. The van der Waals surface area contributed by atoms with Crippen molar-refractivity contribution < 1.29 is 9.59 Å². The summed E-state index contributed by atoms with van der Waals surface area (Å²) in [6.07, 6.45) is 3.95. The number of amides is 2. The van der Waals surface area contributed by atoms with Crippen LogP contribution in [-0.2, 0) is 4.79 Å². The molecule has 0 aliphatic carbocycles. The quantitative estimate of drug-likeness (QED) is 0.887. The topological polar surface area (TPSA) is 52.7 Å². The van der Waals surface area contributed by atoms with E-state index in [0.29, 0.717) is 19.1 Å². The van der Waals surface area contributed by atoms with Crippen LogP contribution in [-0.4, -0.2) is 60.4 Å². The van der Waals surface area contributed by atoms with E-state index in [1.165, 1.54) is 12.8 Å². The van der Waals surface area contributed by atoms with E-state index in [2.05, 4.69) is 17.1 Å². The molecule has 0 spiro atoms. The monoisotopic (exact) mass is 349 g/mol. The molecule has 24 heavy (non-hydrogen) atoms. The molecule has 3 heterocycles. The second-order valence-electron chi connectivity index (χ2n) is 6.75. The first kappa shape index (κ1) is 17.4. The molecule has 0 aromatic carbocycles. The minimum atomic E-state index is 0.0491. The predicted octanol–water partition coefficient (Wildman–Crippen LogP) is 2.20. The summed E-state index contributed by atoms with van der Waals surface area (Å²) in [6, 6.07) is 2.37. The highest BCUT2D eigenvalue weighted by atomic mass is 32.1. The summed E-state index contributed by atoms with van der Waals surface area (Å²) in [5.74, 6) is 0.313. The number of piperidine rings is 1. The fourth-order valence-electron chi connectivity index (χ4n) is 3.82. The molecular weight excluding hydrogens is 322 g/mol. The van der Waals surface area contributed by atoms with Crippen molar-refractivity contribution in [3.8, 4) is 0 Å². The van der Waals surface area contributed by atoms with Gasteiger partial charge in [0.25, 0.3) is 5.91 Å². The van der Waals surface area contributed by atoms with E-state index >= 15 is 0 Å². The molecule has 6 heteroatoms. The number of carbonyl (C=O) groups is 2. The minimum Gasteiger partial charge on any atom is -0.354 e. The molecule has 2 saturated heterocycles. The molecule has 132 valence electrons. The van der Waals surface area contributed by atoms with Crippen LogP contribution in [0.3, 0.4) is 0 Å². The third-order valence-electron chi connectivity index (χ3n) is 5.34. The van der Waals surface area contributed by atoms with E-state index in [1.807, 2.05) is 21.7 Å². The summed E-state index contributed by atoms with van der Waals surface area (Å²) in [5, 5.41) is 6.97. The molecule has 1 aromatic rings. The van der Waals surface area contributed by atoms with E-state index in [1.54, 1.807) is 11.3 Å². The Kier molecular flexibility index (Phi) is 5.89. The number of thiophene rings is 1. The fraction of sp³-hybridized carbons (Fsp3) is 0.667. The normalized spacial score (nSPS) is 22.7. The van der Waals surface area contributed by atoms with Gasteiger partial charge in [-0.1, -0.05) is 6.92 Å². The third-order valence-corrected chi connectivity index (χ3v) is 6.02. The molecule has 5 nitrogen and oxygen atoms in total. The summed E-state index contributed by atoms with van der Waals surface area (Å²) in [4.78, 5) is 29.1. The molecular formula is C18H27N3O2S. The average Bonchev–Trinajstić information content (AvgIpc) is 3.30.